The number of anilines is 1. The van der Waals surface area contributed by atoms with E-state index in [2.05, 4.69) is 49.8 Å². The molecule has 0 aliphatic heterocycles. The molecular formula is C14H26N4. The van der Waals surface area contributed by atoms with Crippen LogP contribution < -0.4 is 10.6 Å². The Hall–Kier alpha value is -1.16. The molecule has 0 aliphatic carbocycles. The van der Waals surface area contributed by atoms with E-state index in [9.17, 15) is 0 Å². The highest BCUT2D eigenvalue weighted by Gasteiger charge is 2.18. The molecular weight excluding hydrogens is 224 g/mol. The molecule has 18 heavy (non-hydrogen) atoms. The second-order valence-electron chi connectivity index (χ2n) is 5.51. The van der Waals surface area contributed by atoms with Gasteiger partial charge in [-0.15, -0.1) is 5.10 Å². The van der Waals surface area contributed by atoms with Gasteiger partial charge in [0.15, 0.2) is 5.82 Å². The molecule has 0 bridgehead atoms. The fourth-order valence-corrected chi connectivity index (χ4v) is 2.22. The Labute approximate surface area is 111 Å². The first-order valence-corrected chi connectivity index (χ1v) is 6.64. The fraction of sp³-hybridized carbons (Fsp3) is 0.714. The summed E-state index contributed by atoms with van der Waals surface area (Å²) >= 11 is 0. The average Bonchev–Trinajstić information content (AvgIpc) is 2.30. The number of nitrogens with two attached hydrogens (primary N) is 1. The number of hydrogen-bond acceptors (Lipinski definition) is 4. The van der Waals surface area contributed by atoms with Crippen molar-refractivity contribution in [1.82, 2.24) is 10.2 Å². The summed E-state index contributed by atoms with van der Waals surface area (Å²) in [6.07, 6.45) is 1.13. The van der Waals surface area contributed by atoms with Crippen molar-refractivity contribution in [2.45, 2.75) is 53.6 Å². The minimum atomic E-state index is 0.437. The van der Waals surface area contributed by atoms with Crippen molar-refractivity contribution in [3.8, 4) is 0 Å². The molecule has 4 heteroatoms. The molecule has 1 heterocycles. The molecule has 1 atom stereocenters. The Bertz CT molecular complexity index is 401. The van der Waals surface area contributed by atoms with Crippen LogP contribution in [0.3, 0.4) is 0 Å². The molecule has 0 aliphatic rings. The van der Waals surface area contributed by atoms with Gasteiger partial charge >= 0.3 is 0 Å². The zero-order valence-corrected chi connectivity index (χ0v) is 12.5. The van der Waals surface area contributed by atoms with Crippen LogP contribution in [0.15, 0.2) is 0 Å². The van der Waals surface area contributed by atoms with Crippen LogP contribution in [0.4, 0.5) is 5.82 Å². The van der Waals surface area contributed by atoms with E-state index in [-0.39, 0.29) is 0 Å². The van der Waals surface area contributed by atoms with E-state index in [0.29, 0.717) is 18.5 Å². The summed E-state index contributed by atoms with van der Waals surface area (Å²) < 4.78 is 0. The summed E-state index contributed by atoms with van der Waals surface area (Å²) in [6.45, 7) is 11.2. The minimum Gasteiger partial charge on any atom is -0.355 e. The van der Waals surface area contributed by atoms with Gasteiger partial charge in [-0.05, 0) is 38.7 Å². The zero-order valence-electron chi connectivity index (χ0n) is 12.5. The number of aryl methyl sites for hydroxylation is 1. The summed E-state index contributed by atoms with van der Waals surface area (Å²) in [6, 6.07) is 0.437. The first-order chi connectivity index (χ1) is 8.38. The van der Waals surface area contributed by atoms with Crippen LogP contribution in [0.1, 0.15) is 44.0 Å². The van der Waals surface area contributed by atoms with Crippen LogP contribution >= 0.6 is 0 Å². The summed E-state index contributed by atoms with van der Waals surface area (Å²) in [5.74, 6) is 1.59. The largest absolute Gasteiger partial charge is 0.355 e. The molecule has 0 fully saturated rings. The van der Waals surface area contributed by atoms with Crippen molar-refractivity contribution >= 4 is 5.82 Å². The predicted molar refractivity (Wildman–Crippen MR) is 76.7 cm³/mol. The maximum absolute atomic E-state index is 5.87. The zero-order chi connectivity index (χ0) is 13.9. The Morgan fingerprint density at radius 1 is 1.17 bits per heavy atom. The molecule has 0 saturated carbocycles. The van der Waals surface area contributed by atoms with Gasteiger partial charge in [-0.1, -0.05) is 13.8 Å². The SMILES string of the molecule is Cc1nnc(N(C)C(C)CC(C)C)c(CN)c1C. The van der Waals surface area contributed by atoms with E-state index in [1.165, 1.54) is 0 Å². The predicted octanol–water partition coefficient (Wildman–Crippen LogP) is 2.42. The van der Waals surface area contributed by atoms with Crippen LogP contribution in [0.5, 0.6) is 0 Å². The lowest BCUT2D eigenvalue weighted by Crippen LogP contribution is -2.32. The highest BCUT2D eigenvalue weighted by molar-refractivity contribution is 5.50. The van der Waals surface area contributed by atoms with Gasteiger partial charge in [-0.3, -0.25) is 0 Å². The van der Waals surface area contributed by atoms with Gasteiger partial charge in [-0.2, -0.15) is 5.10 Å². The fourth-order valence-electron chi connectivity index (χ4n) is 2.22. The molecule has 0 amide bonds. The van der Waals surface area contributed by atoms with E-state index in [0.717, 1.165) is 29.1 Å². The van der Waals surface area contributed by atoms with Crippen LogP contribution in [0, 0.1) is 19.8 Å². The molecule has 1 rings (SSSR count). The third kappa shape index (κ3) is 3.19. The Balaban J connectivity index is 3.05. The van der Waals surface area contributed by atoms with E-state index in [1.807, 2.05) is 6.92 Å². The maximum Gasteiger partial charge on any atom is 0.156 e. The number of aromatic nitrogens is 2. The number of rotatable bonds is 5. The molecule has 1 unspecified atom stereocenters. The van der Waals surface area contributed by atoms with E-state index >= 15 is 0 Å². The number of hydrogen-bond donors (Lipinski definition) is 1. The third-order valence-corrected chi connectivity index (χ3v) is 3.57. The smallest absolute Gasteiger partial charge is 0.156 e. The normalized spacial score (nSPS) is 12.9. The van der Waals surface area contributed by atoms with Gasteiger partial charge in [0.2, 0.25) is 0 Å². The highest BCUT2D eigenvalue weighted by atomic mass is 15.3. The first kappa shape index (κ1) is 14.9. The highest BCUT2D eigenvalue weighted by Crippen LogP contribution is 2.23. The molecule has 0 saturated heterocycles. The van der Waals surface area contributed by atoms with Crippen molar-refractivity contribution in [3.05, 3.63) is 16.8 Å². The van der Waals surface area contributed by atoms with Crippen LogP contribution in [0.2, 0.25) is 0 Å². The molecule has 1 aromatic rings. The van der Waals surface area contributed by atoms with Gasteiger partial charge in [0.1, 0.15) is 0 Å². The van der Waals surface area contributed by atoms with E-state index in [4.69, 9.17) is 5.73 Å². The molecule has 2 N–H and O–H groups in total. The molecule has 0 radical (unpaired) electrons. The van der Waals surface area contributed by atoms with E-state index < -0.39 is 0 Å². The Kier molecular flexibility index (Phi) is 5.08. The van der Waals surface area contributed by atoms with Crippen molar-refractivity contribution in [1.29, 1.82) is 0 Å². The lowest BCUT2D eigenvalue weighted by atomic mass is 10.0. The minimum absolute atomic E-state index is 0.437. The molecule has 0 aromatic carbocycles. The van der Waals surface area contributed by atoms with Gasteiger partial charge in [0.05, 0.1) is 5.69 Å². The molecule has 1 aromatic heterocycles. The molecule has 102 valence electrons. The maximum atomic E-state index is 5.87. The van der Waals surface area contributed by atoms with Crippen LogP contribution in [-0.4, -0.2) is 23.3 Å². The summed E-state index contributed by atoms with van der Waals surface area (Å²) in [5, 5.41) is 8.56. The lowest BCUT2D eigenvalue weighted by Gasteiger charge is -2.29. The van der Waals surface area contributed by atoms with Crippen molar-refractivity contribution in [3.63, 3.8) is 0 Å². The average molecular weight is 250 g/mol. The number of nitrogens with zero attached hydrogens (tertiary/aromatic N) is 3. The van der Waals surface area contributed by atoms with Crippen molar-refractivity contribution in [2.75, 3.05) is 11.9 Å². The van der Waals surface area contributed by atoms with Crippen molar-refractivity contribution < 1.29 is 0 Å². The Morgan fingerprint density at radius 3 is 2.28 bits per heavy atom. The second kappa shape index (κ2) is 6.14. The Morgan fingerprint density at radius 2 is 1.78 bits per heavy atom. The van der Waals surface area contributed by atoms with Gasteiger partial charge in [-0.25, -0.2) is 0 Å². The summed E-state index contributed by atoms with van der Waals surface area (Å²) in [7, 11) is 2.07. The molecule has 0 spiro atoms. The molecule has 4 nitrogen and oxygen atoms in total. The monoisotopic (exact) mass is 250 g/mol. The van der Waals surface area contributed by atoms with E-state index in [1.54, 1.807) is 0 Å². The van der Waals surface area contributed by atoms with Gasteiger partial charge < -0.3 is 10.6 Å². The van der Waals surface area contributed by atoms with Gasteiger partial charge in [0, 0.05) is 25.2 Å². The summed E-state index contributed by atoms with van der Waals surface area (Å²) in [5.41, 5.74) is 9.10. The second-order valence-corrected chi connectivity index (χ2v) is 5.51. The van der Waals surface area contributed by atoms with Crippen LogP contribution in [-0.2, 0) is 6.54 Å². The first-order valence-electron chi connectivity index (χ1n) is 6.64. The standard InChI is InChI=1S/C14H26N4/c1-9(2)7-10(3)18(6)14-13(8-15)11(4)12(5)16-17-14/h9-10H,7-8,15H2,1-6H3. The topological polar surface area (TPSA) is 55.0 Å². The quantitative estimate of drug-likeness (QED) is 0.872. The summed E-state index contributed by atoms with van der Waals surface area (Å²) in [4.78, 5) is 2.20. The van der Waals surface area contributed by atoms with Crippen molar-refractivity contribution in [2.24, 2.45) is 11.7 Å². The van der Waals surface area contributed by atoms with Gasteiger partial charge in [0.25, 0.3) is 0 Å². The third-order valence-electron chi connectivity index (χ3n) is 3.57. The van der Waals surface area contributed by atoms with Crippen LogP contribution in [0.25, 0.3) is 0 Å². The lowest BCUT2D eigenvalue weighted by molar-refractivity contribution is 0.500.